The van der Waals surface area contributed by atoms with Gasteiger partial charge in [-0.1, -0.05) is 11.6 Å². The van der Waals surface area contributed by atoms with Gasteiger partial charge in [0, 0.05) is 26.3 Å². The van der Waals surface area contributed by atoms with Gasteiger partial charge in [0.2, 0.25) is 5.91 Å². The molecule has 2 amide bonds. The highest BCUT2D eigenvalue weighted by atomic mass is 35.5. The highest BCUT2D eigenvalue weighted by Crippen LogP contribution is 2.22. The average molecular weight is 300 g/mol. The lowest BCUT2D eigenvalue weighted by Gasteiger charge is -2.09. The largest absolute Gasteiger partial charge is 0.383 e. The summed E-state index contributed by atoms with van der Waals surface area (Å²) < 4.78 is 4.86. The molecule has 1 aromatic carbocycles. The Bertz CT molecular complexity index is 480. The second-order valence-electron chi connectivity index (χ2n) is 3.99. The van der Waals surface area contributed by atoms with E-state index in [1.165, 1.54) is 13.1 Å². The van der Waals surface area contributed by atoms with Crippen molar-refractivity contribution in [3.8, 4) is 0 Å². The Kier molecular flexibility index (Phi) is 7.00. The first-order valence-electron chi connectivity index (χ1n) is 6.09. The second kappa shape index (κ2) is 8.52. The molecule has 0 saturated carbocycles. The number of carbonyl (C=O) groups is 2. The summed E-state index contributed by atoms with van der Waals surface area (Å²) in [6, 6.07) is 4.70. The number of carbonyl (C=O) groups excluding carboxylic acids is 2. The number of rotatable bonds is 7. The van der Waals surface area contributed by atoms with Gasteiger partial charge in [-0.2, -0.15) is 0 Å². The number of ether oxygens (including phenoxy) is 1. The van der Waals surface area contributed by atoms with E-state index in [0.29, 0.717) is 29.4 Å². The molecule has 3 N–H and O–H groups in total. The van der Waals surface area contributed by atoms with E-state index < -0.39 is 0 Å². The Hall–Kier alpha value is -1.63. The van der Waals surface area contributed by atoms with Gasteiger partial charge in [0.25, 0.3) is 5.91 Å². The Morgan fingerprint density at radius 3 is 2.75 bits per heavy atom. The molecule has 1 aromatic rings. The van der Waals surface area contributed by atoms with Gasteiger partial charge < -0.3 is 20.7 Å². The molecule has 0 bridgehead atoms. The van der Waals surface area contributed by atoms with E-state index in [9.17, 15) is 9.59 Å². The lowest BCUT2D eigenvalue weighted by Crippen LogP contribution is -2.30. The van der Waals surface area contributed by atoms with Crippen molar-refractivity contribution >= 4 is 29.1 Å². The first-order valence-corrected chi connectivity index (χ1v) is 6.47. The summed E-state index contributed by atoms with van der Waals surface area (Å²) in [5.74, 6) is -0.479. The van der Waals surface area contributed by atoms with E-state index in [-0.39, 0.29) is 18.4 Å². The second-order valence-corrected chi connectivity index (χ2v) is 4.40. The molecule has 0 aliphatic carbocycles. The van der Waals surface area contributed by atoms with E-state index >= 15 is 0 Å². The maximum absolute atomic E-state index is 11.7. The van der Waals surface area contributed by atoms with Crippen molar-refractivity contribution in [2.75, 3.05) is 39.2 Å². The molecule has 0 fully saturated rings. The molecular weight excluding hydrogens is 282 g/mol. The molecule has 6 nitrogen and oxygen atoms in total. The third-order valence-corrected chi connectivity index (χ3v) is 2.83. The van der Waals surface area contributed by atoms with E-state index in [1.54, 1.807) is 19.2 Å². The Morgan fingerprint density at radius 2 is 2.10 bits per heavy atom. The van der Waals surface area contributed by atoms with Crippen LogP contribution in [0.5, 0.6) is 0 Å². The van der Waals surface area contributed by atoms with Crippen LogP contribution in [0.4, 0.5) is 5.69 Å². The Balaban J connectivity index is 2.62. The third-order valence-electron chi connectivity index (χ3n) is 2.50. The number of hydrogen-bond acceptors (Lipinski definition) is 4. The van der Waals surface area contributed by atoms with Crippen LogP contribution in [0.3, 0.4) is 0 Å². The minimum absolute atomic E-state index is 0.143. The molecular formula is C13H18ClN3O3. The SMILES string of the molecule is CNC(=O)c1ccc(Cl)c(NC(=O)CNCCOC)c1. The fourth-order valence-corrected chi connectivity index (χ4v) is 1.64. The van der Waals surface area contributed by atoms with E-state index in [2.05, 4.69) is 16.0 Å². The van der Waals surface area contributed by atoms with Crippen LogP contribution in [-0.2, 0) is 9.53 Å². The zero-order valence-electron chi connectivity index (χ0n) is 11.5. The third kappa shape index (κ3) is 5.16. The maximum Gasteiger partial charge on any atom is 0.251 e. The van der Waals surface area contributed by atoms with Crippen molar-refractivity contribution in [1.29, 1.82) is 0 Å². The van der Waals surface area contributed by atoms with Gasteiger partial charge >= 0.3 is 0 Å². The topological polar surface area (TPSA) is 79.5 Å². The molecule has 20 heavy (non-hydrogen) atoms. The van der Waals surface area contributed by atoms with Crippen molar-refractivity contribution in [3.63, 3.8) is 0 Å². The molecule has 0 unspecified atom stereocenters. The number of methoxy groups -OCH3 is 1. The van der Waals surface area contributed by atoms with Crippen LogP contribution in [-0.4, -0.2) is 45.7 Å². The number of anilines is 1. The quantitative estimate of drug-likeness (QED) is 0.653. The molecule has 0 aliphatic rings. The molecule has 0 aromatic heterocycles. The lowest BCUT2D eigenvalue weighted by atomic mass is 10.2. The van der Waals surface area contributed by atoms with Crippen LogP contribution in [0.25, 0.3) is 0 Å². The molecule has 0 atom stereocenters. The van der Waals surface area contributed by atoms with Gasteiger partial charge in [0.1, 0.15) is 0 Å². The molecule has 0 saturated heterocycles. The Labute approximate surface area is 122 Å². The van der Waals surface area contributed by atoms with Gasteiger partial charge in [-0.3, -0.25) is 9.59 Å². The number of hydrogen-bond donors (Lipinski definition) is 3. The van der Waals surface area contributed by atoms with Crippen LogP contribution >= 0.6 is 11.6 Å². The Morgan fingerprint density at radius 1 is 1.35 bits per heavy atom. The van der Waals surface area contributed by atoms with Crippen molar-refractivity contribution < 1.29 is 14.3 Å². The van der Waals surface area contributed by atoms with Crippen LogP contribution in [0, 0.1) is 0 Å². The zero-order chi connectivity index (χ0) is 15.0. The molecule has 1 rings (SSSR count). The lowest BCUT2D eigenvalue weighted by molar-refractivity contribution is -0.115. The van der Waals surface area contributed by atoms with Gasteiger partial charge in [-0.25, -0.2) is 0 Å². The normalized spacial score (nSPS) is 10.2. The summed E-state index contributed by atoms with van der Waals surface area (Å²) in [5.41, 5.74) is 0.839. The van der Waals surface area contributed by atoms with Crippen molar-refractivity contribution in [1.82, 2.24) is 10.6 Å². The molecule has 7 heteroatoms. The predicted octanol–water partition coefficient (Wildman–Crippen LogP) is 0.874. The average Bonchev–Trinajstić information content (AvgIpc) is 2.45. The maximum atomic E-state index is 11.7. The number of halogens is 1. The van der Waals surface area contributed by atoms with Crippen molar-refractivity contribution in [3.05, 3.63) is 28.8 Å². The van der Waals surface area contributed by atoms with Crippen molar-refractivity contribution in [2.24, 2.45) is 0 Å². The van der Waals surface area contributed by atoms with Gasteiger partial charge in [0.15, 0.2) is 0 Å². The minimum atomic E-state index is -0.240. The summed E-state index contributed by atoms with van der Waals surface area (Å²) in [7, 11) is 3.13. The highest BCUT2D eigenvalue weighted by Gasteiger charge is 2.09. The molecule has 0 aliphatic heterocycles. The van der Waals surface area contributed by atoms with E-state index in [0.717, 1.165) is 0 Å². The van der Waals surface area contributed by atoms with Gasteiger partial charge in [-0.15, -0.1) is 0 Å². The number of nitrogens with one attached hydrogen (secondary N) is 3. The van der Waals surface area contributed by atoms with Crippen molar-refractivity contribution in [2.45, 2.75) is 0 Å². The first kappa shape index (κ1) is 16.4. The highest BCUT2D eigenvalue weighted by molar-refractivity contribution is 6.33. The van der Waals surface area contributed by atoms with E-state index in [1.807, 2.05) is 0 Å². The van der Waals surface area contributed by atoms with Crippen LogP contribution in [0.1, 0.15) is 10.4 Å². The zero-order valence-corrected chi connectivity index (χ0v) is 12.2. The monoisotopic (exact) mass is 299 g/mol. The molecule has 0 radical (unpaired) electrons. The fourth-order valence-electron chi connectivity index (χ4n) is 1.48. The van der Waals surface area contributed by atoms with Gasteiger partial charge in [-0.05, 0) is 18.2 Å². The molecule has 0 spiro atoms. The minimum Gasteiger partial charge on any atom is -0.383 e. The van der Waals surface area contributed by atoms with Crippen LogP contribution < -0.4 is 16.0 Å². The predicted molar refractivity (Wildman–Crippen MR) is 78.2 cm³/mol. The number of amides is 2. The van der Waals surface area contributed by atoms with Crippen LogP contribution in [0.15, 0.2) is 18.2 Å². The molecule has 110 valence electrons. The summed E-state index contributed by atoms with van der Waals surface area (Å²) in [5, 5.41) is 8.45. The summed E-state index contributed by atoms with van der Waals surface area (Å²) in [6.45, 7) is 1.25. The van der Waals surface area contributed by atoms with E-state index in [4.69, 9.17) is 16.3 Å². The molecule has 0 heterocycles. The first-order chi connectivity index (χ1) is 9.58. The smallest absolute Gasteiger partial charge is 0.251 e. The standard InChI is InChI=1S/C13H18ClN3O3/c1-15-13(19)9-3-4-10(14)11(7-9)17-12(18)8-16-5-6-20-2/h3-4,7,16H,5-6,8H2,1-2H3,(H,15,19)(H,17,18). The summed E-state index contributed by atoms with van der Waals surface area (Å²) >= 11 is 5.99. The summed E-state index contributed by atoms with van der Waals surface area (Å²) in [4.78, 5) is 23.2. The van der Waals surface area contributed by atoms with Gasteiger partial charge in [0.05, 0.1) is 23.9 Å². The fraction of sp³-hybridized carbons (Fsp3) is 0.385. The summed E-state index contributed by atoms with van der Waals surface area (Å²) in [6.07, 6.45) is 0. The number of benzene rings is 1. The van der Waals surface area contributed by atoms with Crippen LogP contribution in [0.2, 0.25) is 5.02 Å².